The molecule has 1 amide bonds. The highest BCUT2D eigenvalue weighted by Gasteiger charge is 2.33. The van der Waals surface area contributed by atoms with Gasteiger partial charge in [-0.3, -0.25) is 9.30 Å². The summed E-state index contributed by atoms with van der Waals surface area (Å²) >= 11 is 0. The smallest absolute Gasteiger partial charge is 0.545 e. The number of ether oxygens (including phenoxy) is 3. The molecule has 0 N–H and O–H groups in total. The quantitative estimate of drug-likeness (QED) is 0.190. The van der Waals surface area contributed by atoms with E-state index in [9.17, 15) is 41.0 Å². The van der Waals surface area contributed by atoms with Gasteiger partial charge in [-0.25, -0.2) is 9.78 Å². The molecule has 0 aliphatic carbocycles. The van der Waals surface area contributed by atoms with E-state index in [2.05, 4.69) is 9.72 Å². The summed E-state index contributed by atoms with van der Waals surface area (Å²) in [6.45, 7) is 5.27. The van der Waals surface area contributed by atoms with E-state index in [4.69, 9.17) is 9.47 Å². The largest absolute Gasteiger partial charge is 0.573 e. The van der Waals surface area contributed by atoms with Gasteiger partial charge in [-0.15, -0.1) is 13.2 Å². The monoisotopic (exact) mass is 638 g/mol. The molecule has 0 atom stereocenters. The van der Waals surface area contributed by atoms with Gasteiger partial charge in [0.2, 0.25) is 0 Å². The van der Waals surface area contributed by atoms with Gasteiger partial charge in [0, 0.05) is 29.8 Å². The second-order valence-electron chi connectivity index (χ2n) is 10.8. The zero-order valence-electron chi connectivity index (χ0n) is 24.2. The van der Waals surface area contributed by atoms with Crippen molar-refractivity contribution >= 4 is 23.4 Å². The van der Waals surface area contributed by atoms with Gasteiger partial charge in [0.15, 0.2) is 5.65 Å². The molecule has 0 saturated carbocycles. The molecule has 240 valence electrons. The summed E-state index contributed by atoms with van der Waals surface area (Å²) in [5.74, 6) is -2.22. The number of pyridine rings is 1. The predicted molar refractivity (Wildman–Crippen MR) is 147 cm³/mol. The summed E-state index contributed by atoms with van der Waals surface area (Å²) in [4.78, 5) is 29.8. The number of hydrogen-bond donors (Lipinski definition) is 0. The number of fused-ring (bicyclic) bond motifs is 1. The van der Waals surface area contributed by atoms with Gasteiger partial charge in [0.05, 0.1) is 36.2 Å². The van der Waals surface area contributed by atoms with Crippen LogP contribution in [0.2, 0.25) is 0 Å². The van der Waals surface area contributed by atoms with Crippen LogP contribution >= 0.6 is 0 Å². The molecule has 0 saturated heterocycles. The minimum Gasteiger partial charge on any atom is -0.545 e. The standard InChI is InChI=1S/C30H27F6N3O6/c1-17-12-18(8-9-22(17)26(40)41)24-15-37-25-23(38(11-10-29(31,32)33)27(42)45-28(2,3)4)14-21(16-39(24)25)43-19-6-5-7-20(13-19)44-30(34,35)36/h5-9,12-16H,10-11H2,1-4H3,(H,40,41)/p-1. The lowest BCUT2D eigenvalue weighted by Gasteiger charge is -2.28. The number of halogens is 6. The van der Waals surface area contributed by atoms with Crippen molar-refractivity contribution in [2.45, 2.75) is 52.3 Å². The Hall–Kier alpha value is -4.95. The summed E-state index contributed by atoms with van der Waals surface area (Å²) in [6, 6.07) is 10.0. The van der Waals surface area contributed by atoms with Crippen molar-refractivity contribution in [3.63, 3.8) is 0 Å². The van der Waals surface area contributed by atoms with Crippen LogP contribution in [0.5, 0.6) is 17.2 Å². The first-order chi connectivity index (χ1) is 20.8. The van der Waals surface area contributed by atoms with E-state index in [0.29, 0.717) is 16.8 Å². The third-order valence-electron chi connectivity index (χ3n) is 6.10. The second-order valence-corrected chi connectivity index (χ2v) is 10.8. The Labute approximate surface area is 252 Å². The Morgan fingerprint density at radius 3 is 2.24 bits per heavy atom. The summed E-state index contributed by atoms with van der Waals surface area (Å²) in [5, 5.41) is 11.4. The molecule has 0 aliphatic heterocycles. The normalized spacial score (nSPS) is 12.2. The van der Waals surface area contributed by atoms with Gasteiger partial charge in [0.25, 0.3) is 0 Å². The summed E-state index contributed by atoms with van der Waals surface area (Å²) in [7, 11) is 0. The molecule has 0 radical (unpaired) electrons. The number of anilines is 1. The van der Waals surface area contributed by atoms with Crippen molar-refractivity contribution in [1.82, 2.24) is 9.38 Å². The van der Waals surface area contributed by atoms with Crippen LogP contribution in [-0.4, -0.2) is 46.1 Å². The maximum Gasteiger partial charge on any atom is 0.573 e. The minimum atomic E-state index is -4.98. The summed E-state index contributed by atoms with van der Waals surface area (Å²) in [5.41, 5.74) is -0.218. The zero-order chi connectivity index (χ0) is 33.3. The molecular weight excluding hydrogens is 612 g/mol. The number of benzene rings is 2. The molecular formula is C30H26F6N3O6-. The number of aromatic nitrogens is 2. The first-order valence-corrected chi connectivity index (χ1v) is 13.2. The SMILES string of the molecule is Cc1cc(-c2cnc3c(N(CCC(F)(F)F)C(=O)OC(C)(C)C)cc(Oc4cccc(OC(F)(F)F)c4)cn23)ccc1C(=O)[O-]. The summed E-state index contributed by atoms with van der Waals surface area (Å²) < 4.78 is 95.0. The van der Waals surface area contributed by atoms with E-state index >= 15 is 0 Å². The maximum absolute atomic E-state index is 13.4. The average molecular weight is 639 g/mol. The zero-order valence-corrected chi connectivity index (χ0v) is 24.2. The molecule has 2 aromatic carbocycles. The van der Waals surface area contributed by atoms with Crippen LogP contribution in [0.4, 0.5) is 36.8 Å². The number of rotatable bonds is 8. The number of imidazole rings is 1. The molecule has 15 heteroatoms. The van der Waals surface area contributed by atoms with Crippen LogP contribution in [0.3, 0.4) is 0 Å². The van der Waals surface area contributed by atoms with Crippen LogP contribution in [0.15, 0.2) is 60.9 Å². The topological polar surface area (TPSA) is 105 Å². The molecule has 0 aliphatic rings. The molecule has 0 bridgehead atoms. The van der Waals surface area contributed by atoms with Gasteiger partial charge < -0.3 is 24.1 Å². The first kappa shape index (κ1) is 33.0. The highest BCUT2D eigenvalue weighted by molar-refractivity contribution is 5.94. The maximum atomic E-state index is 13.4. The van der Waals surface area contributed by atoms with Gasteiger partial charge in [-0.05, 0) is 51.5 Å². The third kappa shape index (κ3) is 8.58. The van der Waals surface area contributed by atoms with Gasteiger partial charge in [-0.1, -0.05) is 18.2 Å². The van der Waals surface area contributed by atoms with Crippen molar-refractivity contribution in [1.29, 1.82) is 0 Å². The van der Waals surface area contributed by atoms with E-state index < -0.39 is 48.9 Å². The predicted octanol–water partition coefficient (Wildman–Crippen LogP) is 7.06. The van der Waals surface area contributed by atoms with Crippen LogP contribution in [0.1, 0.15) is 43.1 Å². The number of amides is 1. The van der Waals surface area contributed by atoms with E-state index in [-0.39, 0.29) is 28.4 Å². The van der Waals surface area contributed by atoms with E-state index in [1.165, 1.54) is 80.9 Å². The average Bonchev–Trinajstić information content (AvgIpc) is 3.30. The molecule has 4 aromatic rings. The van der Waals surface area contributed by atoms with E-state index in [1.54, 1.807) is 0 Å². The molecule has 4 rings (SSSR count). The van der Waals surface area contributed by atoms with Gasteiger partial charge in [0.1, 0.15) is 22.8 Å². The molecule has 9 nitrogen and oxygen atoms in total. The van der Waals surface area contributed by atoms with Crippen LogP contribution in [0.25, 0.3) is 16.9 Å². The summed E-state index contributed by atoms with van der Waals surface area (Å²) in [6.07, 6.45) is -9.44. The van der Waals surface area contributed by atoms with Gasteiger partial charge >= 0.3 is 18.6 Å². The molecule has 45 heavy (non-hydrogen) atoms. The Morgan fingerprint density at radius 2 is 1.64 bits per heavy atom. The lowest BCUT2D eigenvalue weighted by Crippen LogP contribution is -2.39. The highest BCUT2D eigenvalue weighted by Crippen LogP contribution is 2.36. The number of aryl methyl sites for hydroxylation is 1. The van der Waals surface area contributed by atoms with Crippen molar-refractivity contribution < 1.29 is 55.2 Å². The second kappa shape index (κ2) is 12.2. The number of carboxylic acids is 1. The minimum absolute atomic E-state index is 0.00108. The fourth-order valence-corrected chi connectivity index (χ4v) is 4.30. The van der Waals surface area contributed by atoms with Crippen molar-refractivity contribution in [2.24, 2.45) is 0 Å². The van der Waals surface area contributed by atoms with Gasteiger partial charge in [-0.2, -0.15) is 13.2 Å². The number of aromatic carboxylic acids is 1. The first-order valence-electron chi connectivity index (χ1n) is 13.2. The molecule has 0 unspecified atom stereocenters. The van der Waals surface area contributed by atoms with Crippen LogP contribution < -0.4 is 19.5 Å². The molecule has 0 spiro atoms. The molecule has 2 heterocycles. The number of carbonyl (C=O) groups excluding carboxylic acids is 2. The Morgan fingerprint density at radius 1 is 0.956 bits per heavy atom. The number of nitrogens with zero attached hydrogens (tertiary/aromatic N) is 3. The van der Waals surface area contributed by atoms with E-state index in [1.807, 2.05) is 0 Å². The fraction of sp³-hybridized carbons (Fsp3) is 0.300. The number of hydrogen-bond acceptors (Lipinski definition) is 7. The third-order valence-corrected chi connectivity index (χ3v) is 6.10. The lowest BCUT2D eigenvalue weighted by molar-refractivity contribution is -0.274. The van der Waals surface area contributed by atoms with Crippen molar-refractivity contribution in [3.8, 4) is 28.5 Å². The number of carbonyl (C=O) groups is 2. The van der Waals surface area contributed by atoms with E-state index in [0.717, 1.165) is 17.0 Å². The van der Waals surface area contributed by atoms with Crippen LogP contribution in [-0.2, 0) is 4.74 Å². The number of alkyl halides is 6. The lowest BCUT2D eigenvalue weighted by atomic mass is 10.0. The Kier molecular flexibility index (Phi) is 8.94. The Bertz CT molecular complexity index is 1730. The molecule has 2 aromatic heterocycles. The highest BCUT2D eigenvalue weighted by atomic mass is 19.4. The van der Waals surface area contributed by atoms with Crippen molar-refractivity contribution in [2.75, 3.05) is 11.4 Å². The molecule has 0 fully saturated rings. The van der Waals surface area contributed by atoms with Crippen molar-refractivity contribution in [3.05, 3.63) is 72.1 Å². The Balaban J connectivity index is 1.90. The van der Waals surface area contributed by atoms with Crippen LogP contribution in [0, 0.1) is 6.92 Å². The number of carboxylic acid groups (broad SMARTS) is 1. The fourth-order valence-electron chi connectivity index (χ4n) is 4.30.